The number of halogens is 3. The van der Waals surface area contributed by atoms with Crippen molar-refractivity contribution in [2.24, 2.45) is 5.73 Å². The van der Waals surface area contributed by atoms with Crippen molar-refractivity contribution in [3.8, 4) is 22.6 Å². The van der Waals surface area contributed by atoms with Crippen molar-refractivity contribution in [2.45, 2.75) is 6.18 Å². The van der Waals surface area contributed by atoms with E-state index in [1.165, 1.54) is 13.2 Å². The highest BCUT2D eigenvalue weighted by atomic mass is 19.4. The molecule has 0 spiro atoms. The molecule has 0 aromatic heterocycles. The van der Waals surface area contributed by atoms with Gasteiger partial charge in [0.05, 0.1) is 12.7 Å². The average molecular weight is 311 g/mol. The summed E-state index contributed by atoms with van der Waals surface area (Å²) in [5, 5.41) is 0. The first-order chi connectivity index (χ1) is 10.5. The molecule has 2 aromatic rings. The summed E-state index contributed by atoms with van der Waals surface area (Å²) in [6.45, 7) is 0.169. The predicted octanol–water partition coefficient (Wildman–Crippen LogP) is 3.72. The van der Waals surface area contributed by atoms with Gasteiger partial charge in [0.1, 0.15) is 18.1 Å². The predicted molar refractivity (Wildman–Crippen MR) is 78.0 cm³/mol. The Bertz CT molecular complexity index is 642. The van der Waals surface area contributed by atoms with E-state index in [1.807, 2.05) is 0 Å². The molecule has 0 unspecified atom stereocenters. The smallest absolute Gasteiger partial charge is 0.419 e. The summed E-state index contributed by atoms with van der Waals surface area (Å²) in [4.78, 5) is 0. The van der Waals surface area contributed by atoms with Crippen molar-refractivity contribution in [1.29, 1.82) is 0 Å². The van der Waals surface area contributed by atoms with Crippen LogP contribution in [0, 0.1) is 0 Å². The average Bonchev–Trinajstić information content (AvgIpc) is 2.52. The molecule has 3 nitrogen and oxygen atoms in total. The largest absolute Gasteiger partial charge is 0.496 e. The lowest BCUT2D eigenvalue weighted by molar-refractivity contribution is -0.138. The van der Waals surface area contributed by atoms with Crippen molar-refractivity contribution < 1.29 is 22.6 Å². The molecule has 0 radical (unpaired) electrons. The van der Waals surface area contributed by atoms with Crippen LogP contribution in [-0.2, 0) is 6.18 Å². The van der Waals surface area contributed by atoms with Gasteiger partial charge < -0.3 is 15.2 Å². The van der Waals surface area contributed by atoms with Crippen molar-refractivity contribution >= 4 is 0 Å². The van der Waals surface area contributed by atoms with E-state index >= 15 is 0 Å². The molecule has 22 heavy (non-hydrogen) atoms. The minimum Gasteiger partial charge on any atom is -0.496 e. The number of nitrogens with two attached hydrogens (primary N) is 1. The standard InChI is InChI=1S/C16H16F3NO2/c1-21-14-5-3-2-4-12(14)11-6-7-15(22-9-8-20)13(10-11)16(17,18)19/h2-7,10H,8-9,20H2,1H3. The molecule has 0 atom stereocenters. The minimum absolute atomic E-state index is 0.0249. The van der Waals surface area contributed by atoms with E-state index in [1.54, 1.807) is 30.3 Å². The molecule has 2 N–H and O–H groups in total. The fourth-order valence-corrected chi connectivity index (χ4v) is 2.10. The van der Waals surface area contributed by atoms with Gasteiger partial charge in [-0.25, -0.2) is 0 Å². The lowest BCUT2D eigenvalue weighted by atomic mass is 10.0. The molecule has 0 amide bonds. The van der Waals surface area contributed by atoms with E-state index in [9.17, 15) is 13.2 Å². The second-order valence-corrected chi connectivity index (χ2v) is 4.55. The van der Waals surface area contributed by atoms with Crippen molar-refractivity contribution in [3.63, 3.8) is 0 Å². The summed E-state index contributed by atoms with van der Waals surface area (Å²) in [7, 11) is 1.47. The molecule has 118 valence electrons. The Balaban J connectivity index is 2.51. The van der Waals surface area contributed by atoms with Gasteiger partial charge in [-0.15, -0.1) is 0 Å². The zero-order chi connectivity index (χ0) is 16.2. The van der Waals surface area contributed by atoms with E-state index in [-0.39, 0.29) is 18.9 Å². The molecule has 0 bridgehead atoms. The summed E-state index contributed by atoms with van der Waals surface area (Å²) in [5.74, 6) is 0.280. The third kappa shape index (κ3) is 3.51. The lowest BCUT2D eigenvalue weighted by Crippen LogP contribution is -2.14. The van der Waals surface area contributed by atoms with Crippen LogP contribution in [0.4, 0.5) is 13.2 Å². The van der Waals surface area contributed by atoms with Crippen LogP contribution in [0.2, 0.25) is 0 Å². The molecule has 0 saturated carbocycles. The molecule has 0 heterocycles. The van der Waals surface area contributed by atoms with Crippen LogP contribution in [0.3, 0.4) is 0 Å². The Kier molecular flexibility index (Phi) is 4.92. The van der Waals surface area contributed by atoms with Crippen LogP contribution in [0.15, 0.2) is 42.5 Å². The van der Waals surface area contributed by atoms with Crippen LogP contribution in [-0.4, -0.2) is 20.3 Å². The number of ether oxygens (including phenoxy) is 2. The molecule has 2 aromatic carbocycles. The summed E-state index contributed by atoms with van der Waals surface area (Å²) >= 11 is 0. The van der Waals surface area contributed by atoms with Crippen molar-refractivity contribution in [3.05, 3.63) is 48.0 Å². The van der Waals surface area contributed by atoms with Crippen LogP contribution in [0.5, 0.6) is 11.5 Å². The lowest BCUT2D eigenvalue weighted by Gasteiger charge is -2.16. The fourth-order valence-electron chi connectivity index (χ4n) is 2.10. The van der Waals surface area contributed by atoms with E-state index < -0.39 is 11.7 Å². The van der Waals surface area contributed by atoms with E-state index in [0.29, 0.717) is 16.9 Å². The SMILES string of the molecule is COc1ccccc1-c1ccc(OCCN)c(C(F)(F)F)c1. The van der Waals surface area contributed by atoms with Gasteiger partial charge in [-0.3, -0.25) is 0 Å². The van der Waals surface area contributed by atoms with E-state index in [0.717, 1.165) is 6.07 Å². The second-order valence-electron chi connectivity index (χ2n) is 4.55. The maximum atomic E-state index is 13.2. The number of hydrogen-bond donors (Lipinski definition) is 1. The Morgan fingerprint density at radius 3 is 2.41 bits per heavy atom. The van der Waals surface area contributed by atoms with Crippen LogP contribution >= 0.6 is 0 Å². The highest BCUT2D eigenvalue weighted by molar-refractivity contribution is 5.72. The highest BCUT2D eigenvalue weighted by Gasteiger charge is 2.35. The molecule has 0 aliphatic carbocycles. The monoisotopic (exact) mass is 311 g/mol. The summed E-state index contributed by atoms with van der Waals surface area (Å²) in [6.07, 6.45) is -4.51. The number of hydrogen-bond acceptors (Lipinski definition) is 3. The Morgan fingerprint density at radius 1 is 1.05 bits per heavy atom. The number of methoxy groups -OCH3 is 1. The zero-order valence-electron chi connectivity index (χ0n) is 12.0. The van der Waals surface area contributed by atoms with Crippen molar-refractivity contribution in [2.75, 3.05) is 20.3 Å². The molecule has 6 heteroatoms. The van der Waals surface area contributed by atoms with Gasteiger partial charge in [-0.2, -0.15) is 13.2 Å². The van der Waals surface area contributed by atoms with Crippen LogP contribution in [0.25, 0.3) is 11.1 Å². The van der Waals surface area contributed by atoms with Gasteiger partial charge in [0.15, 0.2) is 0 Å². The normalized spacial score (nSPS) is 11.3. The molecular formula is C16H16F3NO2. The summed E-state index contributed by atoms with van der Waals surface area (Å²) in [5.41, 5.74) is 5.43. The molecule has 0 fully saturated rings. The van der Waals surface area contributed by atoms with Gasteiger partial charge in [0.25, 0.3) is 0 Å². The van der Waals surface area contributed by atoms with Gasteiger partial charge >= 0.3 is 6.18 Å². The maximum Gasteiger partial charge on any atom is 0.419 e. The Morgan fingerprint density at radius 2 is 1.77 bits per heavy atom. The molecule has 0 saturated heterocycles. The Labute approximate surface area is 126 Å². The van der Waals surface area contributed by atoms with E-state index in [4.69, 9.17) is 15.2 Å². The first kappa shape index (κ1) is 16.2. The maximum absolute atomic E-state index is 13.2. The van der Waals surface area contributed by atoms with Gasteiger partial charge in [0.2, 0.25) is 0 Å². The third-order valence-corrected chi connectivity index (χ3v) is 3.08. The number of alkyl halides is 3. The number of rotatable bonds is 5. The van der Waals surface area contributed by atoms with Crippen LogP contribution in [0.1, 0.15) is 5.56 Å². The topological polar surface area (TPSA) is 44.5 Å². The first-order valence-corrected chi connectivity index (χ1v) is 6.65. The van der Waals surface area contributed by atoms with Crippen LogP contribution < -0.4 is 15.2 Å². The fraction of sp³-hybridized carbons (Fsp3) is 0.250. The molecule has 0 aliphatic heterocycles. The molecular weight excluding hydrogens is 295 g/mol. The molecule has 0 aliphatic rings. The number of para-hydroxylation sites is 1. The number of benzene rings is 2. The highest BCUT2D eigenvalue weighted by Crippen LogP contribution is 2.40. The third-order valence-electron chi connectivity index (χ3n) is 3.08. The van der Waals surface area contributed by atoms with E-state index in [2.05, 4.69) is 0 Å². The molecule has 2 rings (SSSR count). The minimum atomic E-state index is -4.51. The summed E-state index contributed by atoms with van der Waals surface area (Å²) < 4.78 is 49.9. The summed E-state index contributed by atoms with van der Waals surface area (Å²) in [6, 6.07) is 10.8. The first-order valence-electron chi connectivity index (χ1n) is 6.65. The van der Waals surface area contributed by atoms with Gasteiger partial charge in [-0.05, 0) is 23.8 Å². The van der Waals surface area contributed by atoms with Crippen molar-refractivity contribution in [1.82, 2.24) is 0 Å². The Hall–Kier alpha value is -2.21. The van der Waals surface area contributed by atoms with Gasteiger partial charge in [0, 0.05) is 12.1 Å². The second kappa shape index (κ2) is 6.70. The van der Waals surface area contributed by atoms with Gasteiger partial charge in [-0.1, -0.05) is 24.3 Å². The quantitative estimate of drug-likeness (QED) is 0.915. The zero-order valence-corrected chi connectivity index (χ0v) is 12.0.